The lowest BCUT2D eigenvalue weighted by molar-refractivity contribution is 0.109. The lowest BCUT2D eigenvalue weighted by Crippen LogP contribution is -1.88. The number of nitrogens with zero attached hydrogens (tertiary/aromatic N) is 3. The smallest absolute Gasteiger partial charge is 0.150 e. The maximum Gasteiger partial charge on any atom is 0.150 e. The van der Waals surface area contributed by atoms with Crippen LogP contribution >= 0.6 is 0 Å². The van der Waals surface area contributed by atoms with Crippen molar-refractivity contribution in [2.45, 2.75) is 0 Å². The molecule has 0 aliphatic rings. The van der Waals surface area contributed by atoms with Crippen molar-refractivity contribution in [3.05, 3.63) is 39.8 Å². The summed E-state index contributed by atoms with van der Waals surface area (Å²) in [6.07, 6.45) is 1.11. The molecule has 0 aliphatic heterocycles. The van der Waals surface area contributed by atoms with Crippen molar-refractivity contribution >= 4 is 18.3 Å². The molecule has 0 amide bonds. The molecule has 0 saturated carbocycles. The van der Waals surface area contributed by atoms with E-state index >= 15 is 0 Å². The van der Waals surface area contributed by atoms with Crippen molar-refractivity contribution < 1.29 is 9.59 Å². The molecule has 0 radical (unpaired) electrons. The molecule has 0 aromatic heterocycles. The van der Waals surface area contributed by atoms with E-state index in [0.717, 1.165) is 0 Å². The number of hydrogen-bond donors (Lipinski definition) is 0. The molecular formula is C8H5N3O2. The highest BCUT2D eigenvalue weighted by molar-refractivity contribution is 5.91. The van der Waals surface area contributed by atoms with Crippen LogP contribution in [-0.4, -0.2) is 12.6 Å². The van der Waals surface area contributed by atoms with Gasteiger partial charge in [0.15, 0.2) is 12.6 Å². The molecule has 0 N–H and O–H groups in total. The number of hydrogen-bond acceptors (Lipinski definition) is 3. The molecule has 0 saturated heterocycles. The Bertz CT molecular complexity index is 394. The van der Waals surface area contributed by atoms with E-state index in [1.807, 2.05) is 0 Å². The van der Waals surface area contributed by atoms with Gasteiger partial charge >= 0.3 is 0 Å². The Morgan fingerprint density at radius 3 is 2.46 bits per heavy atom. The Kier molecular flexibility index (Phi) is 2.78. The molecule has 0 spiro atoms. The van der Waals surface area contributed by atoms with Gasteiger partial charge in [0, 0.05) is 21.7 Å². The van der Waals surface area contributed by atoms with E-state index in [4.69, 9.17) is 5.53 Å². The molecule has 0 unspecified atom stereocenters. The summed E-state index contributed by atoms with van der Waals surface area (Å²) in [5, 5.41) is 3.30. The van der Waals surface area contributed by atoms with Crippen LogP contribution in [0.1, 0.15) is 20.7 Å². The summed E-state index contributed by atoms with van der Waals surface area (Å²) in [5.41, 5.74) is 8.93. The van der Waals surface area contributed by atoms with Crippen LogP contribution in [0.5, 0.6) is 0 Å². The van der Waals surface area contributed by atoms with Gasteiger partial charge in [0.25, 0.3) is 0 Å². The number of carbonyl (C=O) groups is 2. The minimum atomic E-state index is 0.222. The van der Waals surface area contributed by atoms with Crippen molar-refractivity contribution in [1.82, 2.24) is 0 Å². The Balaban J connectivity index is 3.27. The quantitative estimate of drug-likeness (QED) is 0.305. The van der Waals surface area contributed by atoms with Crippen molar-refractivity contribution in [2.24, 2.45) is 5.11 Å². The van der Waals surface area contributed by atoms with Crippen molar-refractivity contribution in [1.29, 1.82) is 0 Å². The number of benzene rings is 1. The van der Waals surface area contributed by atoms with E-state index in [2.05, 4.69) is 10.0 Å². The van der Waals surface area contributed by atoms with Gasteiger partial charge in [-0.3, -0.25) is 9.59 Å². The summed E-state index contributed by atoms with van der Waals surface area (Å²) in [6.45, 7) is 0. The fraction of sp³-hybridized carbons (Fsp3) is 0. The van der Waals surface area contributed by atoms with E-state index < -0.39 is 0 Å². The zero-order valence-corrected chi connectivity index (χ0v) is 6.54. The topological polar surface area (TPSA) is 82.9 Å². The van der Waals surface area contributed by atoms with Crippen LogP contribution in [0, 0.1) is 0 Å². The van der Waals surface area contributed by atoms with Crippen LogP contribution in [0.3, 0.4) is 0 Å². The third kappa shape index (κ3) is 1.91. The summed E-state index contributed by atoms with van der Waals surface area (Å²) in [5.74, 6) is 0. The van der Waals surface area contributed by atoms with Gasteiger partial charge in [0.05, 0.1) is 0 Å². The van der Waals surface area contributed by atoms with Crippen molar-refractivity contribution in [3.8, 4) is 0 Å². The van der Waals surface area contributed by atoms with Crippen LogP contribution in [-0.2, 0) is 0 Å². The third-order valence-electron chi connectivity index (χ3n) is 1.48. The van der Waals surface area contributed by atoms with Gasteiger partial charge in [-0.15, -0.1) is 0 Å². The largest absolute Gasteiger partial charge is 0.298 e. The van der Waals surface area contributed by atoms with Crippen molar-refractivity contribution in [3.63, 3.8) is 0 Å². The van der Waals surface area contributed by atoms with E-state index in [-0.39, 0.29) is 11.1 Å². The summed E-state index contributed by atoms with van der Waals surface area (Å²) in [6, 6.07) is 4.26. The maximum atomic E-state index is 10.4. The maximum absolute atomic E-state index is 10.4. The molecule has 5 nitrogen and oxygen atoms in total. The van der Waals surface area contributed by atoms with Gasteiger partial charge in [-0.1, -0.05) is 17.2 Å². The molecule has 0 bridgehead atoms. The molecule has 64 valence electrons. The molecule has 1 aromatic carbocycles. The SMILES string of the molecule is [N-]=[N+]=Nc1ccc(C=O)c(C=O)c1. The number of rotatable bonds is 3. The van der Waals surface area contributed by atoms with Crippen LogP contribution in [0.4, 0.5) is 5.69 Å². The standard InChI is InChI=1S/C8H5N3O2/c9-11-10-8-2-1-6(4-12)7(3-8)5-13/h1-5H. The number of azide groups is 1. The molecule has 1 rings (SSSR count). The van der Waals surface area contributed by atoms with Crippen LogP contribution in [0.25, 0.3) is 10.4 Å². The molecule has 0 aliphatic carbocycles. The highest BCUT2D eigenvalue weighted by atomic mass is 16.1. The highest BCUT2D eigenvalue weighted by Crippen LogP contribution is 2.15. The molecule has 5 heteroatoms. The molecule has 0 atom stereocenters. The molecule has 1 aromatic rings. The first kappa shape index (κ1) is 8.96. The van der Waals surface area contributed by atoms with E-state index in [1.54, 1.807) is 0 Å². The van der Waals surface area contributed by atoms with Gasteiger partial charge < -0.3 is 0 Å². The summed E-state index contributed by atoms with van der Waals surface area (Å²) >= 11 is 0. The van der Waals surface area contributed by atoms with Gasteiger partial charge in [-0.2, -0.15) is 0 Å². The normalized spacial score (nSPS) is 8.62. The van der Waals surface area contributed by atoms with E-state index in [9.17, 15) is 9.59 Å². The fourth-order valence-corrected chi connectivity index (χ4v) is 0.885. The first-order chi connectivity index (χ1) is 6.31. The average molecular weight is 175 g/mol. The zero-order valence-electron chi connectivity index (χ0n) is 6.54. The Morgan fingerprint density at radius 1 is 1.23 bits per heavy atom. The predicted molar refractivity (Wildman–Crippen MR) is 46.0 cm³/mol. The third-order valence-corrected chi connectivity index (χ3v) is 1.48. The lowest BCUT2D eigenvalue weighted by Gasteiger charge is -1.96. The van der Waals surface area contributed by atoms with Gasteiger partial charge in [-0.05, 0) is 11.6 Å². The number of aldehydes is 2. The molecule has 0 heterocycles. The minimum absolute atomic E-state index is 0.222. The minimum Gasteiger partial charge on any atom is -0.298 e. The fourth-order valence-electron chi connectivity index (χ4n) is 0.885. The second-order valence-corrected chi connectivity index (χ2v) is 2.24. The molecule has 13 heavy (non-hydrogen) atoms. The molecular weight excluding hydrogens is 170 g/mol. The Labute approximate surface area is 73.6 Å². The Morgan fingerprint density at radius 2 is 1.92 bits per heavy atom. The summed E-state index contributed by atoms with van der Waals surface area (Å²) in [7, 11) is 0. The van der Waals surface area contributed by atoms with Gasteiger partial charge in [-0.25, -0.2) is 0 Å². The van der Waals surface area contributed by atoms with Crippen LogP contribution in [0.15, 0.2) is 23.3 Å². The first-order valence-corrected chi connectivity index (χ1v) is 3.41. The summed E-state index contributed by atoms with van der Waals surface area (Å²) < 4.78 is 0. The average Bonchev–Trinajstić information content (AvgIpc) is 2.18. The van der Waals surface area contributed by atoms with E-state index in [0.29, 0.717) is 18.3 Å². The van der Waals surface area contributed by atoms with Gasteiger partial charge in [0.1, 0.15) is 0 Å². The Hall–Kier alpha value is -2.13. The van der Waals surface area contributed by atoms with Crippen LogP contribution in [0.2, 0.25) is 0 Å². The van der Waals surface area contributed by atoms with Gasteiger partial charge in [0.2, 0.25) is 0 Å². The van der Waals surface area contributed by atoms with Crippen molar-refractivity contribution in [2.75, 3.05) is 0 Å². The predicted octanol–water partition coefficient (Wildman–Crippen LogP) is 2.25. The second kappa shape index (κ2) is 4.04. The number of carbonyl (C=O) groups excluding carboxylic acids is 2. The van der Waals surface area contributed by atoms with Crippen LogP contribution < -0.4 is 0 Å². The zero-order chi connectivity index (χ0) is 9.68. The van der Waals surface area contributed by atoms with E-state index in [1.165, 1.54) is 18.2 Å². The molecule has 0 fully saturated rings. The second-order valence-electron chi connectivity index (χ2n) is 2.24. The monoisotopic (exact) mass is 175 g/mol. The highest BCUT2D eigenvalue weighted by Gasteiger charge is 2.00. The summed E-state index contributed by atoms with van der Waals surface area (Å²) in [4.78, 5) is 23.4. The lowest BCUT2D eigenvalue weighted by atomic mass is 10.1. The first-order valence-electron chi connectivity index (χ1n) is 3.41.